The van der Waals surface area contributed by atoms with Gasteiger partial charge in [-0.05, 0) is 44.2 Å². The number of aromatic nitrogens is 3. The van der Waals surface area contributed by atoms with Crippen molar-refractivity contribution < 1.29 is 5.11 Å². The third-order valence-corrected chi connectivity index (χ3v) is 5.52. The van der Waals surface area contributed by atoms with Gasteiger partial charge in [-0.15, -0.1) is 0 Å². The zero-order chi connectivity index (χ0) is 21.8. The molecule has 3 aromatic heterocycles. The Kier molecular flexibility index (Phi) is 6.32. The van der Waals surface area contributed by atoms with Crippen LogP contribution in [0.15, 0.2) is 48.8 Å². The van der Waals surface area contributed by atoms with E-state index in [1.165, 1.54) is 12.8 Å². The van der Waals surface area contributed by atoms with Gasteiger partial charge >= 0.3 is 0 Å². The topological polar surface area (TPSA) is 68.6 Å². The van der Waals surface area contributed by atoms with Gasteiger partial charge in [0.15, 0.2) is 0 Å². The van der Waals surface area contributed by atoms with Crippen LogP contribution in [0.25, 0.3) is 11.4 Å². The molecule has 31 heavy (non-hydrogen) atoms. The van der Waals surface area contributed by atoms with Gasteiger partial charge < -0.3 is 14.9 Å². The second kappa shape index (κ2) is 9.31. The summed E-state index contributed by atoms with van der Waals surface area (Å²) in [5.74, 6) is 0.203. The SMILES string of the molecule is CN(Cc1cc(N(C)C)ccn1)Cc1cc(O)cc(-c2cc(N3CCCC3)ccn2)n1. The highest BCUT2D eigenvalue weighted by atomic mass is 16.3. The highest BCUT2D eigenvalue weighted by molar-refractivity contribution is 5.63. The van der Waals surface area contributed by atoms with Crippen LogP contribution in [0.2, 0.25) is 0 Å². The van der Waals surface area contributed by atoms with E-state index in [4.69, 9.17) is 4.98 Å². The molecule has 4 rings (SSSR count). The first-order chi connectivity index (χ1) is 15.0. The van der Waals surface area contributed by atoms with Crippen molar-refractivity contribution in [2.24, 2.45) is 0 Å². The van der Waals surface area contributed by atoms with E-state index in [1.807, 2.05) is 45.7 Å². The number of pyridine rings is 3. The van der Waals surface area contributed by atoms with Gasteiger partial charge in [-0.1, -0.05) is 0 Å². The smallest absolute Gasteiger partial charge is 0.119 e. The Morgan fingerprint density at radius 3 is 2.39 bits per heavy atom. The first kappa shape index (κ1) is 21.1. The molecule has 162 valence electrons. The highest BCUT2D eigenvalue weighted by Crippen LogP contribution is 2.27. The van der Waals surface area contributed by atoms with Crippen LogP contribution in [-0.4, -0.2) is 59.2 Å². The highest BCUT2D eigenvalue weighted by Gasteiger charge is 2.15. The van der Waals surface area contributed by atoms with E-state index in [1.54, 1.807) is 12.1 Å². The fraction of sp³-hybridized carbons (Fsp3) is 0.375. The molecule has 0 bridgehead atoms. The maximum atomic E-state index is 10.3. The van der Waals surface area contributed by atoms with E-state index in [0.717, 1.165) is 41.5 Å². The lowest BCUT2D eigenvalue weighted by atomic mass is 10.2. The molecule has 1 aliphatic rings. The maximum Gasteiger partial charge on any atom is 0.119 e. The molecule has 1 aliphatic heterocycles. The fourth-order valence-electron chi connectivity index (χ4n) is 3.95. The number of hydrogen-bond acceptors (Lipinski definition) is 7. The van der Waals surface area contributed by atoms with Crippen molar-refractivity contribution in [1.82, 2.24) is 19.9 Å². The van der Waals surface area contributed by atoms with Crippen molar-refractivity contribution in [2.75, 3.05) is 44.0 Å². The van der Waals surface area contributed by atoms with Crippen molar-refractivity contribution in [2.45, 2.75) is 25.9 Å². The molecule has 1 fully saturated rings. The number of aromatic hydroxyl groups is 1. The van der Waals surface area contributed by atoms with Crippen LogP contribution in [-0.2, 0) is 13.1 Å². The molecule has 0 spiro atoms. The van der Waals surface area contributed by atoms with E-state index in [9.17, 15) is 5.11 Å². The molecule has 1 N–H and O–H groups in total. The van der Waals surface area contributed by atoms with Gasteiger partial charge in [-0.3, -0.25) is 14.9 Å². The lowest BCUT2D eigenvalue weighted by molar-refractivity contribution is 0.310. The summed E-state index contributed by atoms with van der Waals surface area (Å²) in [5.41, 5.74) is 5.56. The zero-order valence-electron chi connectivity index (χ0n) is 18.5. The van der Waals surface area contributed by atoms with Gasteiger partial charge in [-0.25, -0.2) is 4.98 Å². The average molecular weight is 419 g/mol. The fourth-order valence-corrected chi connectivity index (χ4v) is 3.95. The van der Waals surface area contributed by atoms with Crippen LogP contribution >= 0.6 is 0 Å². The third kappa shape index (κ3) is 5.30. The molecule has 1 saturated heterocycles. The minimum atomic E-state index is 0.203. The Balaban J connectivity index is 1.50. The average Bonchev–Trinajstić information content (AvgIpc) is 3.28. The van der Waals surface area contributed by atoms with E-state index >= 15 is 0 Å². The van der Waals surface area contributed by atoms with Crippen LogP contribution in [0.4, 0.5) is 11.4 Å². The second-order valence-electron chi connectivity index (χ2n) is 8.37. The summed E-state index contributed by atoms with van der Waals surface area (Å²) < 4.78 is 0. The summed E-state index contributed by atoms with van der Waals surface area (Å²) in [6.07, 6.45) is 6.11. The first-order valence-electron chi connectivity index (χ1n) is 10.7. The van der Waals surface area contributed by atoms with Crippen LogP contribution in [0.3, 0.4) is 0 Å². The van der Waals surface area contributed by atoms with E-state index < -0.39 is 0 Å². The van der Waals surface area contributed by atoms with Crippen LogP contribution in [0.5, 0.6) is 5.75 Å². The predicted octanol–water partition coefficient (Wildman–Crippen LogP) is 3.54. The number of anilines is 2. The van der Waals surface area contributed by atoms with Gasteiger partial charge in [0.05, 0.1) is 22.8 Å². The lowest BCUT2D eigenvalue weighted by Crippen LogP contribution is -2.19. The van der Waals surface area contributed by atoms with Gasteiger partial charge in [-0.2, -0.15) is 0 Å². The number of nitrogens with zero attached hydrogens (tertiary/aromatic N) is 6. The molecule has 0 amide bonds. The minimum Gasteiger partial charge on any atom is -0.508 e. The molecule has 0 aromatic carbocycles. The van der Waals surface area contributed by atoms with E-state index in [0.29, 0.717) is 18.8 Å². The van der Waals surface area contributed by atoms with E-state index in [2.05, 4.69) is 36.8 Å². The summed E-state index contributed by atoms with van der Waals surface area (Å²) in [6.45, 7) is 3.45. The molecular weight excluding hydrogens is 388 g/mol. The molecule has 4 heterocycles. The van der Waals surface area contributed by atoms with Gasteiger partial charge in [0.1, 0.15) is 5.75 Å². The molecule has 3 aromatic rings. The Labute approximate surface area is 184 Å². The molecule has 0 atom stereocenters. The molecule has 7 nitrogen and oxygen atoms in total. The van der Waals surface area contributed by atoms with Crippen molar-refractivity contribution in [3.63, 3.8) is 0 Å². The van der Waals surface area contributed by atoms with Gasteiger partial charge in [0.25, 0.3) is 0 Å². The lowest BCUT2D eigenvalue weighted by Gasteiger charge is -2.19. The molecule has 7 heteroatoms. The summed E-state index contributed by atoms with van der Waals surface area (Å²) >= 11 is 0. The molecular formula is C24H30N6O. The second-order valence-corrected chi connectivity index (χ2v) is 8.37. The largest absolute Gasteiger partial charge is 0.508 e. The summed E-state index contributed by atoms with van der Waals surface area (Å²) in [4.78, 5) is 20.4. The Bertz CT molecular complexity index is 1030. The summed E-state index contributed by atoms with van der Waals surface area (Å²) in [5, 5.41) is 10.3. The molecule has 0 unspecified atom stereocenters. The summed E-state index contributed by atoms with van der Waals surface area (Å²) in [6, 6.07) is 11.6. The normalized spacial score (nSPS) is 13.7. The van der Waals surface area contributed by atoms with Crippen LogP contribution in [0.1, 0.15) is 24.2 Å². The third-order valence-electron chi connectivity index (χ3n) is 5.52. The van der Waals surface area contributed by atoms with Gasteiger partial charge in [0.2, 0.25) is 0 Å². The van der Waals surface area contributed by atoms with Crippen LogP contribution < -0.4 is 9.80 Å². The molecule has 0 saturated carbocycles. The Morgan fingerprint density at radius 1 is 0.871 bits per heavy atom. The monoisotopic (exact) mass is 418 g/mol. The zero-order valence-corrected chi connectivity index (χ0v) is 18.5. The van der Waals surface area contributed by atoms with Crippen molar-refractivity contribution in [1.29, 1.82) is 0 Å². The standard InChI is InChI=1S/C24H30N6O/c1-28(2)20-6-8-25-18(12-20)16-29(3)17-19-13-22(31)15-24(27-19)23-14-21(7-9-26-23)30-10-4-5-11-30/h6-9,12-15H,4-5,10-11,16-17H2,1-3H3,(H,27,31). The number of hydrogen-bond donors (Lipinski definition) is 1. The van der Waals surface area contributed by atoms with Crippen molar-refractivity contribution in [3.8, 4) is 17.1 Å². The predicted molar refractivity (Wildman–Crippen MR) is 124 cm³/mol. The van der Waals surface area contributed by atoms with E-state index in [-0.39, 0.29) is 5.75 Å². The summed E-state index contributed by atoms with van der Waals surface area (Å²) in [7, 11) is 6.07. The van der Waals surface area contributed by atoms with Crippen molar-refractivity contribution in [3.05, 3.63) is 60.2 Å². The number of rotatable bonds is 7. The maximum absolute atomic E-state index is 10.3. The van der Waals surface area contributed by atoms with Crippen molar-refractivity contribution >= 4 is 11.4 Å². The Morgan fingerprint density at radius 2 is 1.61 bits per heavy atom. The minimum absolute atomic E-state index is 0.203. The first-order valence-corrected chi connectivity index (χ1v) is 10.7. The van der Waals surface area contributed by atoms with Crippen LogP contribution in [0, 0.1) is 0 Å². The molecule has 0 radical (unpaired) electrons. The molecule has 0 aliphatic carbocycles. The quantitative estimate of drug-likeness (QED) is 0.629. The van der Waals surface area contributed by atoms with Gasteiger partial charge in [0, 0.05) is 76.2 Å². The Hall–Kier alpha value is -3.19.